The summed E-state index contributed by atoms with van der Waals surface area (Å²) in [5.41, 5.74) is -0.765. The second-order valence-corrected chi connectivity index (χ2v) is 5.05. The lowest BCUT2D eigenvalue weighted by atomic mass is 10.1. The summed E-state index contributed by atoms with van der Waals surface area (Å²) >= 11 is 0. The van der Waals surface area contributed by atoms with E-state index < -0.39 is 29.3 Å². The second-order valence-electron chi connectivity index (χ2n) is 5.05. The molecular formula is C13H12F2N4O3. The maximum atomic E-state index is 13.6. The highest BCUT2D eigenvalue weighted by Crippen LogP contribution is 2.21. The molecule has 0 saturated heterocycles. The van der Waals surface area contributed by atoms with Crippen LogP contribution in [0.2, 0.25) is 0 Å². The van der Waals surface area contributed by atoms with E-state index in [2.05, 4.69) is 10.1 Å². The summed E-state index contributed by atoms with van der Waals surface area (Å²) < 4.78 is 28.5. The lowest BCUT2D eigenvalue weighted by Gasteiger charge is -2.19. The predicted molar refractivity (Wildman–Crippen MR) is 69.4 cm³/mol. The molecule has 1 aliphatic rings. The van der Waals surface area contributed by atoms with Crippen LogP contribution in [0, 0.1) is 11.6 Å². The summed E-state index contributed by atoms with van der Waals surface area (Å²) in [6, 6.07) is -0.292. The van der Waals surface area contributed by atoms with Crippen LogP contribution in [0.25, 0.3) is 0 Å². The Morgan fingerprint density at radius 2 is 2.23 bits per heavy atom. The highest BCUT2D eigenvalue weighted by Gasteiger charge is 2.30. The number of halogens is 2. The Balaban J connectivity index is 2.00. The molecule has 1 N–H and O–H groups in total. The van der Waals surface area contributed by atoms with E-state index in [0.29, 0.717) is 31.2 Å². The lowest BCUT2D eigenvalue weighted by Crippen LogP contribution is -2.34. The average molecular weight is 310 g/mol. The van der Waals surface area contributed by atoms with Gasteiger partial charge >= 0.3 is 11.7 Å². The van der Waals surface area contributed by atoms with E-state index in [-0.39, 0.29) is 12.2 Å². The molecule has 0 bridgehead atoms. The third-order valence-electron chi connectivity index (χ3n) is 3.60. The van der Waals surface area contributed by atoms with E-state index in [1.165, 1.54) is 0 Å². The Kier molecular flexibility index (Phi) is 3.47. The van der Waals surface area contributed by atoms with Crippen LogP contribution in [0.15, 0.2) is 17.1 Å². The number of carboxylic acids is 1. The van der Waals surface area contributed by atoms with Crippen LogP contribution >= 0.6 is 0 Å². The van der Waals surface area contributed by atoms with E-state index in [1.807, 2.05) is 0 Å². The van der Waals surface area contributed by atoms with Gasteiger partial charge in [0.15, 0.2) is 0 Å². The zero-order chi connectivity index (χ0) is 15.9. The molecule has 1 aliphatic heterocycles. The van der Waals surface area contributed by atoms with Gasteiger partial charge in [-0.05, 0) is 12.8 Å². The molecule has 2 aromatic rings. The van der Waals surface area contributed by atoms with Crippen molar-refractivity contribution >= 4 is 5.97 Å². The number of hydrogen-bond donors (Lipinski definition) is 1. The fourth-order valence-electron chi connectivity index (χ4n) is 2.57. The zero-order valence-corrected chi connectivity index (χ0v) is 11.4. The van der Waals surface area contributed by atoms with Gasteiger partial charge in [0, 0.05) is 12.5 Å². The third-order valence-corrected chi connectivity index (χ3v) is 3.60. The van der Waals surface area contributed by atoms with Crippen LogP contribution in [-0.4, -0.2) is 30.4 Å². The highest BCUT2D eigenvalue weighted by molar-refractivity contribution is 5.72. The van der Waals surface area contributed by atoms with Crippen LogP contribution in [0.5, 0.6) is 0 Å². The van der Waals surface area contributed by atoms with Crippen molar-refractivity contribution in [1.29, 1.82) is 0 Å². The summed E-state index contributed by atoms with van der Waals surface area (Å²) in [5, 5.41) is 13.2. The normalized spacial score (nSPS) is 17.3. The molecule has 1 unspecified atom stereocenters. The van der Waals surface area contributed by atoms with Crippen molar-refractivity contribution in [2.45, 2.75) is 31.8 Å². The van der Waals surface area contributed by atoms with Crippen LogP contribution in [0.3, 0.4) is 0 Å². The molecule has 9 heteroatoms. The molecule has 3 heterocycles. The smallest absolute Gasteiger partial charge is 0.347 e. The number of pyridine rings is 1. The standard InChI is InChI=1S/C13H12F2N4O3/c14-7-4-8(15)9(16-5-7)6-18-13(22)19-10(12(20)21)2-1-3-11(19)17-18/h4-5,10H,1-3,6H2,(H,20,21). The van der Waals surface area contributed by atoms with Gasteiger partial charge in [-0.3, -0.25) is 9.55 Å². The first-order valence-corrected chi connectivity index (χ1v) is 6.68. The van der Waals surface area contributed by atoms with E-state index in [0.717, 1.165) is 15.4 Å². The minimum atomic E-state index is -1.10. The molecular weight excluding hydrogens is 298 g/mol. The summed E-state index contributed by atoms with van der Waals surface area (Å²) in [6.07, 6.45) is 2.28. The van der Waals surface area contributed by atoms with Gasteiger partial charge in [0.25, 0.3) is 0 Å². The van der Waals surface area contributed by atoms with Gasteiger partial charge in [-0.25, -0.2) is 23.1 Å². The predicted octanol–water partition coefficient (Wildman–Crippen LogP) is 0.728. The maximum absolute atomic E-state index is 13.6. The van der Waals surface area contributed by atoms with E-state index in [4.69, 9.17) is 0 Å². The van der Waals surface area contributed by atoms with Crippen molar-refractivity contribution in [1.82, 2.24) is 19.3 Å². The van der Waals surface area contributed by atoms with E-state index >= 15 is 0 Å². The first-order chi connectivity index (χ1) is 10.5. The van der Waals surface area contributed by atoms with Crippen LogP contribution in [-0.2, 0) is 17.8 Å². The monoisotopic (exact) mass is 310 g/mol. The van der Waals surface area contributed by atoms with Gasteiger partial charge < -0.3 is 5.11 Å². The van der Waals surface area contributed by atoms with Crippen molar-refractivity contribution in [2.75, 3.05) is 0 Å². The summed E-state index contributed by atoms with van der Waals surface area (Å²) in [5.74, 6) is -2.45. The van der Waals surface area contributed by atoms with Gasteiger partial charge in [0.05, 0.1) is 18.4 Å². The molecule has 7 nitrogen and oxygen atoms in total. The third kappa shape index (κ3) is 2.38. The number of carbonyl (C=O) groups is 1. The molecule has 116 valence electrons. The molecule has 0 aromatic carbocycles. The highest BCUT2D eigenvalue weighted by atomic mass is 19.1. The van der Waals surface area contributed by atoms with Gasteiger partial charge in [-0.1, -0.05) is 0 Å². The largest absolute Gasteiger partial charge is 0.480 e. The Morgan fingerprint density at radius 1 is 1.45 bits per heavy atom. The summed E-state index contributed by atoms with van der Waals surface area (Å²) in [6.45, 7) is -0.280. The van der Waals surface area contributed by atoms with Crippen LogP contribution < -0.4 is 5.69 Å². The minimum absolute atomic E-state index is 0.133. The number of hydrogen-bond acceptors (Lipinski definition) is 4. The number of rotatable bonds is 3. The Hall–Kier alpha value is -2.58. The zero-order valence-electron chi connectivity index (χ0n) is 11.4. The quantitative estimate of drug-likeness (QED) is 0.902. The SMILES string of the molecule is O=C(O)C1CCCc2nn(Cc3ncc(F)cc3F)c(=O)n21. The van der Waals surface area contributed by atoms with Crippen LogP contribution in [0.4, 0.5) is 8.78 Å². The van der Waals surface area contributed by atoms with Gasteiger partial charge in [0.2, 0.25) is 0 Å². The van der Waals surface area contributed by atoms with Gasteiger partial charge in [-0.2, -0.15) is 5.10 Å². The molecule has 0 fully saturated rings. The topological polar surface area (TPSA) is 90.0 Å². The van der Waals surface area contributed by atoms with Gasteiger partial charge in [-0.15, -0.1) is 0 Å². The number of nitrogens with zero attached hydrogens (tertiary/aromatic N) is 4. The van der Waals surface area contributed by atoms with E-state index in [1.54, 1.807) is 0 Å². The molecule has 22 heavy (non-hydrogen) atoms. The Labute approximate surface area is 122 Å². The first-order valence-electron chi connectivity index (χ1n) is 6.68. The average Bonchev–Trinajstić information content (AvgIpc) is 2.78. The first kappa shape index (κ1) is 14.4. The molecule has 0 radical (unpaired) electrons. The number of fused-ring (bicyclic) bond motifs is 1. The second kappa shape index (κ2) is 5.32. The van der Waals surface area contributed by atoms with Crippen molar-refractivity contribution < 1.29 is 18.7 Å². The molecule has 0 saturated carbocycles. The molecule has 3 rings (SSSR count). The summed E-state index contributed by atoms with van der Waals surface area (Å²) in [7, 11) is 0. The molecule has 0 aliphatic carbocycles. The number of aliphatic carboxylic acids is 1. The van der Waals surface area contributed by atoms with Crippen molar-refractivity contribution in [3.05, 3.63) is 45.9 Å². The Bertz CT molecular complexity index is 799. The number of aryl methyl sites for hydroxylation is 1. The maximum Gasteiger partial charge on any atom is 0.347 e. The Morgan fingerprint density at radius 3 is 2.91 bits per heavy atom. The fraction of sp³-hybridized carbons (Fsp3) is 0.385. The number of aromatic nitrogens is 4. The lowest BCUT2D eigenvalue weighted by molar-refractivity contribution is -0.141. The van der Waals surface area contributed by atoms with Gasteiger partial charge in [0.1, 0.15) is 23.5 Å². The molecule has 1 atom stereocenters. The fourth-order valence-corrected chi connectivity index (χ4v) is 2.57. The molecule has 0 spiro atoms. The van der Waals surface area contributed by atoms with Crippen molar-refractivity contribution in [2.24, 2.45) is 0 Å². The van der Waals surface area contributed by atoms with Crippen molar-refractivity contribution in [3.8, 4) is 0 Å². The van der Waals surface area contributed by atoms with Crippen LogP contribution in [0.1, 0.15) is 30.4 Å². The minimum Gasteiger partial charge on any atom is -0.480 e. The number of carboxylic acid groups (broad SMARTS) is 1. The molecule has 2 aromatic heterocycles. The summed E-state index contributed by atoms with van der Waals surface area (Å²) in [4.78, 5) is 27.1. The van der Waals surface area contributed by atoms with Crippen molar-refractivity contribution in [3.63, 3.8) is 0 Å². The van der Waals surface area contributed by atoms with E-state index in [9.17, 15) is 23.5 Å². The molecule has 0 amide bonds.